The first-order valence-corrected chi connectivity index (χ1v) is 8.38. The molecule has 0 atom stereocenters. The van der Waals surface area contributed by atoms with Gasteiger partial charge in [0.05, 0.1) is 5.56 Å². The van der Waals surface area contributed by atoms with Crippen molar-refractivity contribution in [2.75, 3.05) is 0 Å². The zero-order valence-electron chi connectivity index (χ0n) is 14.6. The van der Waals surface area contributed by atoms with E-state index in [0.717, 1.165) is 18.7 Å². The van der Waals surface area contributed by atoms with Crippen LogP contribution in [0.1, 0.15) is 38.8 Å². The maximum Gasteiger partial charge on any atom is 0.249 e. The molecule has 5 nitrogen and oxygen atoms in total. The van der Waals surface area contributed by atoms with Crippen LogP contribution in [-0.2, 0) is 13.1 Å². The second-order valence-electron chi connectivity index (χ2n) is 6.26. The summed E-state index contributed by atoms with van der Waals surface area (Å²) >= 11 is 0. The molecule has 1 amide bonds. The van der Waals surface area contributed by atoms with Crippen LogP contribution in [0.3, 0.4) is 0 Å². The van der Waals surface area contributed by atoms with Crippen LogP contribution in [0.4, 0.5) is 0 Å². The summed E-state index contributed by atoms with van der Waals surface area (Å²) in [6, 6.07) is 15.5. The number of nitrogens with two attached hydrogens (primary N) is 1. The number of hydrogen-bond donors (Lipinski definition) is 1. The van der Waals surface area contributed by atoms with E-state index >= 15 is 0 Å². The molecule has 0 saturated heterocycles. The summed E-state index contributed by atoms with van der Waals surface area (Å²) < 4.78 is 4.04. The van der Waals surface area contributed by atoms with E-state index in [0.29, 0.717) is 5.56 Å². The summed E-state index contributed by atoms with van der Waals surface area (Å²) in [6.07, 6.45) is 7.53. The molecule has 0 spiro atoms. The molecule has 2 heterocycles. The van der Waals surface area contributed by atoms with Crippen LogP contribution in [0.5, 0.6) is 0 Å². The number of pyridine rings is 2. The summed E-state index contributed by atoms with van der Waals surface area (Å²) in [6.45, 7) is 3.04. The van der Waals surface area contributed by atoms with Crippen molar-refractivity contribution in [3.63, 3.8) is 0 Å². The van der Waals surface area contributed by atoms with Gasteiger partial charge in [0.2, 0.25) is 5.91 Å². The molecule has 0 aliphatic rings. The monoisotopic (exact) mass is 347 g/mol. The van der Waals surface area contributed by atoms with Crippen LogP contribution in [0.2, 0.25) is 0 Å². The van der Waals surface area contributed by atoms with E-state index in [1.165, 1.54) is 11.1 Å². The van der Waals surface area contributed by atoms with Gasteiger partial charge in [-0.15, -0.1) is 0 Å². The quantitative estimate of drug-likeness (QED) is 0.544. The van der Waals surface area contributed by atoms with Crippen LogP contribution >= 0.6 is 0 Å². The fourth-order valence-electron chi connectivity index (χ4n) is 2.70. The molecule has 26 heavy (non-hydrogen) atoms. The molecule has 0 saturated carbocycles. The molecule has 0 aliphatic heterocycles. The van der Waals surface area contributed by atoms with Crippen molar-refractivity contribution >= 4 is 11.7 Å². The Balaban J connectivity index is 1.64. The van der Waals surface area contributed by atoms with Gasteiger partial charge in [0.25, 0.3) is 0 Å². The van der Waals surface area contributed by atoms with Gasteiger partial charge in [0.15, 0.2) is 43.7 Å². The smallest absolute Gasteiger partial charge is 0.249 e. The molecule has 1 aromatic carbocycles. The molecule has 0 radical (unpaired) electrons. The van der Waals surface area contributed by atoms with Crippen molar-refractivity contribution in [3.8, 4) is 0 Å². The minimum atomic E-state index is -0.421. The van der Waals surface area contributed by atoms with Crippen LogP contribution in [0.25, 0.3) is 0 Å². The van der Waals surface area contributed by atoms with Gasteiger partial charge < -0.3 is 5.73 Å². The number of Topliss-reactive ketones (excluding diaryl/α,β-unsaturated/α-hetero) is 1. The predicted octanol–water partition coefficient (Wildman–Crippen LogP) is 1.66. The molecule has 130 valence electrons. The summed E-state index contributed by atoms with van der Waals surface area (Å²) in [5, 5.41) is 0. The maximum absolute atomic E-state index is 11.3. The van der Waals surface area contributed by atoms with Gasteiger partial charge in [0, 0.05) is 41.0 Å². The zero-order valence-corrected chi connectivity index (χ0v) is 14.6. The molecule has 3 rings (SSSR count). The summed E-state index contributed by atoms with van der Waals surface area (Å²) in [7, 11) is 0. The largest absolute Gasteiger partial charge is 0.366 e. The third-order valence-electron chi connectivity index (χ3n) is 4.23. The van der Waals surface area contributed by atoms with Crippen molar-refractivity contribution in [3.05, 3.63) is 95.6 Å². The summed E-state index contributed by atoms with van der Waals surface area (Å²) in [5.74, 6) is -0.349. The lowest BCUT2D eigenvalue weighted by Gasteiger charge is -2.02. The Morgan fingerprint density at radius 2 is 1.12 bits per heavy atom. The average molecular weight is 347 g/mol. The number of primary amides is 1. The number of ketones is 1. The van der Waals surface area contributed by atoms with Crippen LogP contribution in [0, 0.1) is 0 Å². The third-order valence-corrected chi connectivity index (χ3v) is 4.23. The van der Waals surface area contributed by atoms with Crippen molar-refractivity contribution in [2.45, 2.75) is 20.0 Å². The first-order chi connectivity index (χ1) is 12.5. The number of rotatable bonds is 6. The normalized spacial score (nSPS) is 10.5. The van der Waals surface area contributed by atoms with Gasteiger partial charge in [-0.05, 0) is 6.92 Å². The van der Waals surface area contributed by atoms with Crippen LogP contribution in [0.15, 0.2) is 73.3 Å². The van der Waals surface area contributed by atoms with Crippen molar-refractivity contribution < 1.29 is 18.7 Å². The fourth-order valence-corrected chi connectivity index (χ4v) is 2.70. The van der Waals surface area contributed by atoms with E-state index < -0.39 is 5.91 Å². The van der Waals surface area contributed by atoms with Crippen molar-refractivity contribution in [1.29, 1.82) is 0 Å². The van der Waals surface area contributed by atoms with Gasteiger partial charge in [-0.2, -0.15) is 0 Å². The standard InChI is InChI=1S/C21H20N3O2/c1-16(25)19-6-10-23(11-7-19)14-17-2-4-18(5-3-17)15-24-12-8-20(9-13-24)21(22)26/h2-13H,14-15H2,1H3,(H-,22,26)/q+1/p+1. The molecule has 2 aromatic heterocycles. The summed E-state index contributed by atoms with van der Waals surface area (Å²) in [5.41, 5.74) is 8.83. The van der Waals surface area contributed by atoms with Crippen LogP contribution in [-0.4, -0.2) is 11.7 Å². The molecular formula is C21H21N3O2+2. The van der Waals surface area contributed by atoms with Gasteiger partial charge in [0.1, 0.15) is 0 Å². The molecular weight excluding hydrogens is 326 g/mol. The molecule has 3 aromatic rings. The Morgan fingerprint density at radius 1 is 0.731 bits per heavy atom. The maximum atomic E-state index is 11.3. The number of nitrogens with zero attached hydrogens (tertiary/aromatic N) is 2. The Bertz CT molecular complexity index is 836. The highest BCUT2D eigenvalue weighted by Gasteiger charge is 2.08. The number of amides is 1. The predicted molar refractivity (Wildman–Crippen MR) is 96.4 cm³/mol. The van der Waals surface area contributed by atoms with E-state index in [1.807, 2.05) is 46.1 Å². The van der Waals surface area contributed by atoms with E-state index in [-0.39, 0.29) is 5.78 Å². The highest BCUT2D eigenvalue weighted by atomic mass is 16.1. The van der Waals surface area contributed by atoms with Crippen LogP contribution < -0.4 is 14.9 Å². The molecule has 0 bridgehead atoms. The number of benzene rings is 1. The second-order valence-corrected chi connectivity index (χ2v) is 6.26. The van der Waals surface area contributed by atoms with Gasteiger partial charge >= 0.3 is 0 Å². The van der Waals surface area contributed by atoms with Crippen molar-refractivity contribution in [2.24, 2.45) is 5.73 Å². The third kappa shape index (κ3) is 4.39. The number of hydrogen-bond acceptors (Lipinski definition) is 2. The molecule has 0 unspecified atom stereocenters. The lowest BCUT2D eigenvalue weighted by molar-refractivity contribution is -0.689. The van der Waals surface area contributed by atoms with E-state index in [1.54, 1.807) is 19.1 Å². The van der Waals surface area contributed by atoms with Gasteiger partial charge in [-0.1, -0.05) is 24.3 Å². The van der Waals surface area contributed by atoms with Gasteiger partial charge in [-0.25, -0.2) is 9.13 Å². The lowest BCUT2D eigenvalue weighted by atomic mass is 10.1. The number of carbonyl (C=O) groups is 2. The Hall–Kier alpha value is -3.34. The second kappa shape index (κ2) is 7.70. The minimum absolute atomic E-state index is 0.0721. The Morgan fingerprint density at radius 3 is 1.46 bits per heavy atom. The fraction of sp³-hybridized carbons (Fsp3) is 0.143. The summed E-state index contributed by atoms with van der Waals surface area (Å²) in [4.78, 5) is 22.4. The SMILES string of the molecule is CC(=O)c1cc[n+](Cc2ccc(C[n+]3ccc(C(N)=O)cc3)cc2)cc1. The molecule has 2 N–H and O–H groups in total. The average Bonchev–Trinajstić information content (AvgIpc) is 2.64. The van der Waals surface area contributed by atoms with Gasteiger partial charge in [-0.3, -0.25) is 9.59 Å². The van der Waals surface area contributed by atoms with E-state index in [4.69, 9.17) is 5.73 Å². The highest BCUT2D eigenvalue weighted by molar-refractivity contribution is 5.93. The highest BCUT2D eigenvalue weighted by Crippen LogP contribution is 2.05. The Labute approximate surface area is 152 Å². The Kier molecular flexibility index (Phi) is 5.17. The number of aromatic nitrogens is 2. The molecule has 5 heteroatoms. The molecule has 0 fully saturated rings. The zero-order chi connectivity index (χ0) is 18.5. The first kappa shape index (κ1) is 17.5. The van der Waals surface area contributed by atoms with E-state index in [9.17, 15) is 9.59 Å². The lowest BCUT2D eigenvalue weighted by Crippen LogP contribution is -2.34. The van der Waals surface area contributed by atoms with E-state index in [2.05, 4.69) is 24.3 Å². The first-order valence-electron chi connectivity index (χ1n) is 8.38. The number of carbonyl (C=O) groups excluding carboxylic acids is 2. The van der Waals surface area contributed by atoms with Crippen molar-refractivity contribution in [1.82, 2.24) is 0 Å². The topological polar surface area (TPSA) is 67.9 Å². The molecule has 0 aliphatic carbocycles. The minimum Gasteiger partial charge on any atom is -0.366 e.